The molecule has 7 heteroatoms. The molecule has 3 aromatic rings. The van der Waals surface area contributed by atoms with E-state index < -0.39 is 5.41 Å². The number of hydrogen-bond donors (Lipinski definition) is 0. The van der Waals surface area contributed by atoms with Crippen LogP contribution in [-0.4, -0.2) is 59.2 Å². The second-order valence-electron chi connectivity index (χ2n) is 9.23. The summed E-state index contributed by atoms with van der Waals surface area (Å²) in [6.07, 6.45) is 2.89. The lowest BCUT2D eigenvalue weighted by Crippen LogP contribution is -2.67. The Morgan fingerprint density at radius 1 is 0.943 bits per heavy atom. The van der Waals surface area contributed by atoms with Gasteiger partial charge in [0.25, 0.3) is 5.91 Å². The Labute approximate surface area is 205 Å². The maximum Gasteiger partial charge on any atom is 0.254 e. The monoisotopic (exact) mass is 468 g/mol. The topological polar surface area (TPSA) is 73.8 Å². The number of anilines is 1. The molecule has 35 heavy (non-hydrogen) atoms. The highest BCUT2D eigenvalue weighted by atomic mass is 16.2. The van der Waals surface area contributed by atoms with Gasteiger partial charge in [0, 0.05) is 37.6 Å². The second kappa shape index (κ2) is 9.33. The molecule has 1 unspecified atom stereocenters. The van der Waals surface area contributed by atoms with Gasteiger partial charge in [-0.05, 0) is 49.2 Å². The number of hydrogen-bond acceptors (Lipinski definition) is 4. The van der Waals surface area contributed by atoms with Crippen LogP contribution in [0.15, 0.2) is 85.1 Å². The highest BCUT2D eigenvalue weighted by molar-refractivity contribution is 6.06. The Bertz CT molecular complexity index is 1210. The maximum absolute atomic E-state index is 13.6. The molecule has 0 bridgehead atoms. The third-order valence-corrected chi connectivity index (χ3v) is 7.18. The molecule has 2 fully saturated rings. The number of likely N-dealkylation sites (tertiary alicyclic amines) is 1. The summed E-state index contributed by atoms with van der Waals surface area (Å²) >= 11 is 0. The van der Waals surface area contributed by atoms with Crippen molar-refractivity contribution in [1.29, 1.82) is 0 Å². The van der Waals surface area contributed by atoms with E-state index in [2.05, 4.69) is 4.98 Å². The van der Waals surface area contributed by atoms with Gasteiger partial charge in [0.2, 0.25) is 11.8 Å². The molecule has 0 N–H and O–H groups in total. The molecule has 3 amide bonds. The van der Waals surface area contributed by atoms with Gasteiger partial charge in [0.15, 0.2) is 0 Å². The minimum atomic E-state index is -0.577. The third-order valence-electron chi connectivity index (χ3n) is 7.18. The number of carbonyl (C=O) groups excluding carboxylic acids is 3. The summed E-state index contributed by atoms with van der Waals surface area (Å²) in [5.74, 6) is -0.203. The molecule has 2 aliphatic heterocycles. The van der Waals surface area contributed by atoms with Crippen molar-refractivity contribution in [2.24, 2.45) is 5.41 Å². The zero-order valence-electron chi connectivity index (χ0n) is 19.7. The Balaban J connectivity index is 1.29. The molecule has 0 aliphatic carbocycles. The van der Waals surface area contributed by atoms with E-state index in [0.717, 1.165) is 11.4 Å². The van der Waals surface area contributed by atoms with Crippen molar-refractivity contribution in [3.63, 3.8) is 0 Å². The van der Waals surface area contributed by atoms with Gasteiger partial charge in [-0.2, -0.15) is 0 Å². The van der Waals surface area contributed by atoms with Crippen LogP contribution in [0.4, 0.5) is 5.69 Å². The zero-order valence-corrected chi connectivity index (χ0v) is 19.7. The summed E-state index contributed by atoms with van der Waals surface area (Å²) in [5.41, 5.74) is 1.70. The van der Waals surface area contributed by atoms with Crippen LogP contribution in [0.1, 0.15) is 34.9 Å². The van der Waals surface area contributed by atoms with Crippen LogP contribution in [0.3, 0.4) is 0 Å². The van der Waals surface area contributed by atoms with E-state index in [1.54, 1.807) is 42.4 Å². The number of benzene rings is 2. The molecule has 7 nitrogen and oxygen atoms in total. The predicted octanol–water partition coefficient (Wildman–Crippen LogP) is 3.55. The molecule has 3 heterocycles. The maximum atomic E-state index is 13.6. The number of amides is 3. The fraction of sp³-hybridized carbons (Fsp3) is 0.286. The van der Waals surface area contributed by atoms with E-state index in [1.807, 2.05) is 59.5 Å². The quantitative estimate of drug-likeness (QED) is 0.537. The minimum Gasteiger partial charge on any atom is -0.341 e. The average molecular weight is 469 g/mol. The van der Waals surface area contributed by atoms with Crippen LogP contribution < -0.4 is 4.90 Å². The zero-order chi connectivity index (χ0) is 24.4. The molecule has 1 spiro atoms. The van der Waals surface area contributed by atoms with Crippen molar-refractivity contribution in [2.75, 3.05) is 31.6 Å². The average Bonchev–Trinajstić information content (AvgIpc) is 2.92. The van der Waals surface area contributed by atoms with E-state index in [9.17, 15) is 14.4 Å². The van der Waals surface area contributed by atoms with Gasteiger partial charge < -0.3 is 14.7 Å². The van der Waals surface area contributed by atoms with E-state index in [1.165, 1.54) is 4.90 Å². The van der Waals surface area contributed by atoms with Crippen molar-refractivity contribution in [2.45, 2.75) is 18.9 Å². The van der Waals surface area contributed by atoms with Gasteiger partial charge >= 0.3 is 0 Å². The highest BCUT2D eigenvalue weighted by Gasteiger charge is 2.62. The lowest BCUT2D eigenvalue weighted by atomic mass is 9.63. The smallest absolute Gasteiger partial charge is 0.254 e. The first-order chi connectivity index (χ1) is 17.0. The molecular weight excluding hydrogens is 440 g/mol. The molecule has 1 aromatic heterocycles. The Kier molecular flexibility index (Phi) is 6.07. The number of nitrogens with zero attached hydrogens (tertiary/aromatic N) is 4. The van der Waals surface area contributed by atoms with Crippen LogP contribution in [0.5, 0.6) is 0 Å². The molecule has 2 saturated heterocycles. The van der Waals surface area contributed by atoms with Crippen molar-refractivity contribution < 1.29 is 14.4 Å². The van der Waals surface area contributed by atoms with Gasteiger partial charge in [0.1, 0.15) is 0 Å². The predicted molar refractivity (Wildman–Crippen MR) is 133 cm³/mol. The normalized spacial score (nSPS) is 18.8. The Morgan fingerprint density at radius 2 is 1.57 bits per heavy atom. The van der Waals surface area contributed by atoms with E-state index >= 15 is 0 Å². The van der Waals surface area contributed by atoms with Crippen molar-refractivity contribution >= 4 is 23.4 Å². The molecule has 0 radical (unpaired) electrons. The van der Waals surface area contributed by atoms with Crippen molar-refractivity contribution in [3.05, 3.63) is 96.3 Å². The number of carbonyl (C=O) groups is 3. The molecular formula is C28H28N4O3. The van der Waals surface area contributed by atoms with Crippen LogP contribution in [0.25, 0.3) is 0 Å². The van der Waals surface area contributed by atoms with E-state index in [0.29, 0.717) is 31.5 Å². The summed E-state index contributed by atoms with van der Waals surface area (Å²) in [7, 11) is 1.64. The summed E-state index contributed by atoms with van der Waals surface area (Å²) in [6.45, 7) is 0.961. The van der Waals surface area contributed by atoms with Gasteiger partial charge in [0.05, 0.1) is 23.7 Å². The number of piperidine rings is 1. The van der Waals surface area contributed by atoms with Crippen LogP contribution in [0.2, 0.25) is 0 Å². The molecule has 5 rings (SSSR count). The van der Waals surface area contributed by atoms with Gasteiger partial charge in [-0.3, -0.25) is 19.4 Å². The van der Waals surface area contributed by atoms with Crippen LogP contribution >= 0.6 is 0 Å². The summed E-state index contributed by atoms with van der Waals surface area (Å²) in [6, 6.07) is 24.2. The van der Waals surface area contributed by atoms with Crippen molar-refractivity contribution in [1.82, 2.24) is 14.8 Å². The Morgan fingerprint density at radius 3 is 2.20 bits per heavy atom. The highest BCUT2D eigenvalue weighted by Crippen LogP contribution is 2.56. The van der Waals surface area contributed by atoms with Gasteiger partial charge in [-0.1, -0.05) is 42.5 Å². The number of aromatic nitrogens is 1. The van der Waals surface area contributed by atoms with Gasteiger partial charge in [-0.25, -0.2) is 0 Å². The molecule has 2 aromatic carbocycles. The third kappa shape index (κ3) is 4.07. The van der Waals surface area contributed by atoms with E-state index in [-0.39, 0.29) is 30.3 Å². The minimum absolute atomic E-state index is 0.00842. The fourth-order valence-corrected chi connectivity index (χ4v) is 5.28. The van der Waals surface area contributed by atoms with Gasteiger partial charge in [-0.15, -0.1) is 0 Å². The standard InChI is InChI=1S/C28H28N4O3/c1-30(26(34)21-10-4-2-5-11-21)20-24(33)31-18-15-28(16-19-31)25(23-14-8-9-17-29-23)32(27(28)35)22-12-6-3-7-13-22/h2-14,17,25H,15-16,18-20H2,1H3. The first-order valence-electron chi connectivity index (χ1n) is 11.9. The number of β-lactam (4-membered cyclic amide) rings is 1. The molecule has 2 aliphatic rings. The first kappa shape index (κ1) is 22.8. The number of rotatable bonds is 5. The first-order valence-corrected chi connectivity index (χ1v) is 11.9. The molecule has 0 saturated carbocycles. The SMILES string of the molecule is CN(CC(=O)N1CCC2(CC1)C(=O)N(c1ccccc1)C2c1ccccn1)C(=O)c1ccccc1. The van der Waals surface area contributed by atoms with Crippen LogP contribution in [0, 0.1) is 5.41 Å². The lowest BCUT2D eigenvalue weighted by molar-refractivity contribution is -0.149. The fourth-order valence-electron chi connectivity index (χ4n) is 5.28. The molecule has 178 valence electrons. The largest absolute Gasteiger partial charge is 0.341 e. The summed E-state index contributed by atoms with van der Waals surface area (Å²) < 4.78 is 0. The Hall–Kier alpha value is -4.00. The van der Waals surface area contributed by atoms with Crippen molar-refractivity contribution in [3.8, 4) is 0 Å². The number of para-hydroxylation sites is 1. The lowest BCUT2D eigenvalue weighted by Gasteiger charge is -2.58. The summed E-state index contributed by atoms with van der Waals surface area (Å²) in [4.78, 5) is 48.8. The van der Waals surface area contributed by atoms with E-state index in [4.69, 9.17) is 0 Å². The number of likely N-dealkylation sites (N-methyl/N-ethyl adjacent to an activating group) is 1. The molecule has 1 atom stereocenters. The number of pyridine rings is 1. The second-order valence-corrected chi connectivity index (χ2v) is 9.23. The van der Waals surface area contributed by atoms with Crippen LogP contribution in [-0.2, 0) is 9.59 Å². The summed E-state index contributed by atoms with van der Waals surface area (Å²) in [5, 5.41) is 0.